The van der Waals surface area contributed by atoms with Gasteiger partial charge in [-0.2, -0.15) is 0 Å². The van der Waals surface area contributed by atoms with Crippen molar-refractivity contribution in [3.05, 3.63) is 33.8 Å². The SMILES string of the molecule is Brc1ccc2c(c1)CC1CCCNC21. The maximum atomic E-state index is 3.64. The summed E-state index contributed by atoms with van der Waals surface area (Å²) in [6.07, 6.45) is 4.01. The second kappa shape index (κ2) is 3.35. The molecule has 1 saturated heterocycles. The maximum absolute atomic E-state index is 3.64. The van der Waals surface area contributed by atoms with Gasteiger partial charge in [0, 0.05) is 10.5 Å². The summed E-state index contributed by atoms with van der Waals surface area (Å²) in [5.41, 5.74) is 3.08. The van der Waals surface area contributed by atoms with Crippen LogP contribution in [-0.4, -0.2) is 6.54 Å². The average molecular weight is 252 g/mol. The Hall–Kier alpha value is -0.340. The van der Waals surface area contributed by atoms with E-state index in [4.69, 9.17) is 0 Å². The van der Waals surface area contributed by atoms with Crippen LogP contribution < -0.4 is 5.32 Å². The van der Waals surface area contributed by atoms with Crippen LogP contribution in [0.15, 0.2) is 22.7 Å². The van der Waals surface area contributed by atoms with Gasteiger partial charge in [0.1, 0.15) is 0 Å². The largest absolute Gasteiger partial charge is 0.310 e. The first-order valence-electron chi connectivity index (χ1n) is 5.36. The van der Waals surface area contributed by atoms with E-state index in [1.165, 1.54) is 35.8 Å². The monoisotopic (exact) mass is 251 g/mol. The normalized spacial score (nSPS) is 29.8. The molecule has 2 heteroatoms. The second-order valence-corrected chi connectivity index (χ2v) is 5.30. The molecule has 0 spiro atoms. The highest BCUT2D eigenvalue weighted by Crippen LogP contribution is 2.41. The van der Waals surface area contributed by atoms with Crippen LogP contribution in [0.3, 0.4) is 0 Å². The molecule has 0 aromatic heterocycles. The van der Waals surface area contributed by atoms with E-state index >= 15 is 0 Å². The average Bonchev–Trinajstić information content (AvgIpc) is 2.54. The Morgan fingerprint density at radius 3 is 3.21 bits per heavy atom. The van der Waals surface area contributed by atoms with Crippen molar-refractivity contribution in [2.75, 3.05) is 6.54 Å². The van der Waals surface area contributed by atoms with Gasteiger partial charge in [-0.1, -0.05) is 22.0 Å². The number of piperidine rings is 1. The Kier molecular flexibility index (Phi) is 2.14. The van der Waals surface area contributed by atoms with E-state index in [1.54, 1.807) is 5.56 Å². The van der Waals surface area contributed by atoms with Crippen LogP contribution in [0.5, 0.6) is 0 Å². The van der Waals surface area contributed by atoms with Crippen molar-refractivity contribution in [2.45, 2.75) is 25.3 Å². The summed E-state index contributed by atoms with van der Waals surface area (Å²) in [4.78, 5) is 0. The molecule has 1 nitrogen and oxygen atoms in total. The fourth-order valence-corrected chi connectivity index (χ4v) is 3.28. The van der Waals surface area contributed by atoms with Gasteiger partial charge in [-0.3, -0.25) is 0 Å². The number of benzene rings is 1. The quantitative estimate of drug-likeness (QED) is 0.748. The van der Waals surface area contributed by atoms with Crippen molar-refractivity contribution < 1.29 is 0 Å². The van der Waals surface area contributed by atoms with Gasteiger partial charge in [0.15, 0.2) is 0 Å². The van der Waals surface area contributed by atoms with Gasteiger partial charge in [-0.25, -0.2) is 0 Å². The number of hydrogen-bond donors (Lipinski definition) is 1. The van der Waals surface area contributed by atoms with E-state index in [2.05, 4.69) is 39.4 Å². The van der Waals surface area contributed by atoms with E-state index in [-0.39, 0.29) is 0 Å². The number of nitrogens with one attached hydrogen (secondary N) is 1. The predicted molar refractivity (Wildman–Crippen MR) is 61.3 cm³/mol. The minimum atomic E-state index is 0.645. The Morgan fingerprint density at radius 1 is 1.36 bits per heavy atom. The van der Waals surface area contributed by atoms with Crippen LogP contribution in [0, 0.1) is 5.92 Å². The number of halogens is 1. The van der Waals surface area contributed by atoms with Crippen LogP contribution in [0.25, 0.3) is 0 Å². The molecule has 1 fully saturated rings. The van der Waals surface area contributed by atoms with E-state index < -0.39 is 0 Å². The van der Waals surface area contributed by atoms with Crippen LogP contribution in [0.4, 0.5) is 0 Å². The second-order valence-electron chi connectivity index (χ2n) is 4.38. The highest BCUT2D eigenvalue weighted by molar-refractivity contribution is 9.10. The van der Waals surface area contributed by atoms with Crippen molar-refractivity contribution in [3.8, 4) is 0 Å². The molecule has 14 heavy (non-hydrogen) atoms. The smallest absolute Gasteiger partial charge is 0.0354 e. The summed E-state index contributed by atoms with van der Waals surface area (Å²) in [6.45, 7) is 1.19. The fourth-order valence-electron chi connectivity index (χ4n) is 2.88. The molecule has 1 aliphatic carbocycles. The third kappa shape index (κ3) is 1.32. The van der Waals surface area contributed by atoms with Crippen LogP contribution in [0.1, 0.15) is 30.0 Å². The summed E-state index contributed by atoms with van der Waals surface area (Å²) in [7, 11) is 0. The lowest BCUT2D eigenvalue weighted by Crippen LogP contribution is -2.31. The molecule has 1 aliphatic heterocycles. The molecular formula is C12H14BrN. The first kappa shape index (κ1) is 8.93. The molecule has 1 heterocycles. The first-order chi connectivity index (χ1) is 6.84. The van der Waals surface area contributed by atoms with Gasteiger partial charge in [0.25, 0.3) is 0 Å². The standard InChI is InChI=1S/C12H14BrN/c13-10-3-4-11-9(7-10)6-8-2-1-5-14-12(8)11/h3-4,7-8,12,14H,1-2,5-6H2. The molecule has 1 aromatic carbocycles. The fraction of sp³-hybridized carbons (Fsp3) is 0.500. The Balaban J connectivity index is 2.01. The zero-order valence-corrected chi connectivity index (χ0v) is 9.68. The highest BCUT2D eigenvalue weighted by Gasteiger charge is 2.33. The van der Waals surface area contributed by atoms with Crippen molar-refractivity contribution >= 4 is 15.9 Å². The van der Waals surface area contributed by atoms with Gasteiger partial charge in [0.2, 0.25) is 0 Å². The molecule has 1 aromatic rings. The summed E-state index contributed by atoms with van der Waals surface area (Å²) >= 11 is 3.54. The zero-order chi connectivity index (χ0) is 9.54. The predicted octanol–water partition coefficient (Wildman–Crippen LogP) is 3.05. The third-order valence-electron chi connectivity index (χ3n) is 3.51. The van der Waals surface area contributed by atoms with Crippen LogP contribution in [0.2, 0.25) is 0 Å². The lowest BCUT2D eigenvalue weighted by atomic mass is 9.92. The van der Waals surface area contributed by atoms with E-state index in [0.29, 0.717) is 6.04 Å². The molecule has 74 valence electrons. The topological polar surface area (TPSA) is 12.0 Å². The third-order valence-corrected chi connectivity index (χ3v) is 4.00. The number of rotatable bonds is 0. The summed E-state index contributed by atoms with van der Waals surface area (Å²) in [5, 5.41) is 3.64. The van der Waals surface area contributed by atoms with Crippen molar-refractivity contribution in [1.82, 2.24) is 5.32 Å². The number of hydrogen-bond acceptors (Lipinski definition) is 1. The lowest BCUT2D eigenvalue weighted by molar-refractivity contribution is 0.307. The lowest BCUT2D eigenvalue weighted by Gasteiger charge is -2.27. The number of fused-ring (bicyclic) bond motifs is 3. The van der Waals surface area contributed by atoms with E-state index in [0.717, 1.165) is 5.92 Å². The van der Waals surface area contributed by atoms with Gasteiger partial charge in [-0.15, -0.1) is 0 Å². The van der Waals surface area contributed by atoms with Crippen molar-refractivity contribution in [1.29, 1.82) is 0 Å². The van der Waals surface area contributed by atoms with Crippen molar-refractivity contribution in [3.63, 3.8) is 0 Å². The summed E-state index contributed by atoms with van der Waals surface area (Å²) in [6, 6.07) is 7.38. The van der Waals surface area contributed by atoms with Gasteiger partial charge in [0.05, 0.1) is 0 Å². The minimum absolute atomic E-state index is 0.645. The Morgan fingerprint density at radius 2 is 2.29 bits per heavy atom. The van der Waals surface area contributed by atoms with Crippen molar-refractivity contribution in [2.24, 2.45) is 5.92 Å². The molecular weight excluding hydrogens is 238 g/mol. The molecule has 0 saturated carbocycles. The zero-order valence-electron chi connectivity index (χ0n) is 8.09. The molecule has 1 N–H and O–H groups in total. The minimum Gasteiger partial charge on any atom is -0.310 e. The summed E-state index contributed by atoms with van der Waals surface area (Å²) < 4.78 is 1.22. The van der Waals surface area contributed by atoms with Gasteiger partial charge < -0.3 is 5.32 Å². The molecule has 0 bridgehead atoms. The molecule has 3 rings (SSSR count). The Labute approximate surface area is 93.0 Å². The molecule has 2 aliphatic rings. The maximum Gasteiger partial charge on any atom is 0.0354 e. The summed E-state index contributed by atoms with van der Waals surface area (Å²) in [5.74, 6) is 0.855. The molecule has 2 unspecified atom stereocenters. The Bertz CT molecular complexity index is 361. The van der Waals surface area contributed by atoms with E-state index in [1.807, 2.05) is 0 Å². The van der Waals surface area contributed by atoms with Gasteiger partial charge >= 0.3 is 0 Å². The van der Waals surface area contributed by atoms with Crippen LogP contribution in [-0.2, 0) is 6.42 Å². The highest BCUT2D eigenvalue weighted by atomic mass is 79.9. The van der Waals surface area contributed by atoms with E-state index in [9.17, 15) is 0 Å². The molecule has 2 atom stereocenters. The molecule has 0 amide bonds. The van der Waals surface area contributed by atoms with Gasteiger partial charge in [-0.05, 0) is 55.0 Å². The van der Waals surface area contributed by atoms with Crippen LogP contribution >= 0.6 is 15.9 Å². The molecule has 0 radical (unpaired) electrons. The first-order valence-corrected chi connectivity index (χ1v) is 6.15.